The van der Waals surface area contributed by atoms with Gasteiger partial charge in [-0.05, 0) is 68.3 Å². The van der Waals surface area contributed by atoms with E-state index < -0.39 is 11.6 Å². The van der Waals surface area contributed by atoms with Crippen LogP contribution >= 0.6 is 22.6 Å². The molecule has 0 saturated carbocycles. The van der Waals surface area contributed by atoms with Gasteiger partial charge in [0, 0.05) is 28.1 Å². The molecule has 1 aliphatic rings. The number of piperidine rings is 1. The molecule has 0 aliphatic carbocycles. The van der Waals surface area contributed by atoms with Gasteiger partial charge in [0.1, 0.15) is 17.7 Å². The minimum absolute atomic E-state index is 0.0555. The van der Waals surface area contributed by atoms with E-state index in [2.05, 4.69) is 42.8 Å². The molecule has 0 atom stereocenters. The number of nitrogens with zero attached hydrogens (tertiary/aromatic N) is 3. The SMILES string of the molecule is COC(=O)c1cc(I)cc2c(N3CCC(NC(=O)OC(C)(C)C)CC3)ncnc12. The number of fused-ring (bicyclic) bond motifs is 1. The first-order valence-corrected chi connectivity index (χ1v) is 10.5. The number of hydrogen-bond acceptors (Lipinski definition) is 7. The number of benzene rings is 1. The van der Waals surface area contributed by atoms with Crippen LogP contribution in [0.5, 0.6) is 0 Å². The highest BCUT2D eigenvalue weighted by Gasteiger charge is 2.26. The van der Waals surface area contributed by atoms with Crippen LogP contribution in [0.25, 0.3) is 10.9 Å². The molecular weight excluding hydrogens is 487 g/mol. The zero-order valence-electron chi connectivity index (χ0n) is 17.0. The average Bonchev–Trinajstić information content (AvgIpc) is 2.65. The summed E-state index contributed by atoms with van der Waals surface area (Å²) in [5.74, 6) is 0.368. The molecule has 1 aromatic heterocycles. The maximum atomic E-state index is 12.2. The molecule has 156 valence electrons. The highest BCUT2D eigenvalue weighted by atomic mass is 127. The normalized spacial score (nSPS) is 15.3. The summed E-state index contributed by atoms with van der Waals surface area (Å²) in [6.07, 6.45) is 2.64. The summed E-state index contributed by atoms with van der Waals surface area (Å²) in [5.41, 5.74) is 0.495. The first-order chi connectivity index (χ1) is 13.7. The quantitative estimate of drug-likeness (QED) is 0.497. The van der Waals surface area contributed by atoms with Crippen molar-refractivity contribution in [3.05, 3.63) is 27.6 Å². The lowest BCUT2D eigenvalue weighted by atomic mass is 10.0. The molecule has 3 rings (SSSR count). The largest absolute Gasteiger partial charge is 0.465 e. The Morgan fingerprint density at radius 2 is 1.90 bits per heavy atom. The fourth-order valence-electron chi connectivity index (χ4n) is 3.35. The van der Waals surface area contributed by atoms with Gasteiger partial charge in [0.15, 0.2) is 0 Å². The summed E-state index contributed by atoms with van der Waals surface area (Å²) in [7, 11) is 1.36. The topological polar surface area (TPSA) is 93.7 Å². The zero-order chi connectivity index (χ0) is 21.2. The molecule has 2 aromatic rings. The van der Waals surface area contributed by atoms with Crippen LogP contribution in [0.4, 0.5) is 10.6 Å². The van der Waals surface area contributed by atoms with E-state index in [4.69, 9.17) is 9.47 Å². The van der Waals surface area contributed by atoms with Crippen LogP contribution in [0, 0.1) is 3.57 Å². The Morgan fingerprint density at radius 3 is 2.52 bits per heavy atom. The van der Waals surface area contributed by atoms with Crippen LogP contribution in [0.1, 0.15) is 44.0 Å². The van der Waals surface area contributed by atoms with E-state index in [1.54, 1.807) is 6.07 Å². The molecular formula is C20H25IN4O4. The number of carbonyl (C=O) groups is 2. The Morgan fingerprint density at radius 1 is 1.21 bits per heavy atom. The van der Waals surface area contributed by atoms with Crippen LogP contribution in [0.3, 0.4) is 0 Å². The highest BCUT2D eigenvalue weighted by Crippen LogP contribution is 2.30. The summed E-state index contributed by atoms with van der Waals surface area (Å²) >= 11 is 2.17. The number of esters is 1. The van der Waals surface area contributed by atoms with Crippen molar-refractivity contribution in [3.63, 3.8) is 0 Å². The van der Waals surface area contributed by atoms with E-state index in [-0.39, 0.29) is 12.1 Å². The number of rotatable bonds is 3. The Bertz CT molecular complexity index is 921. The van der Waals surface area contributed by atoms with Gasteiger partial charge in [-0.1, -0.05) is 0 Å². The number of nitrogens with one attached hydrogen (secondary N) is 1. The molecule has 1 aromatic carbocycles. The number of hydrogen-bond donors (Lipinski definition) is 1. The summed E-state index contributed by atoms with van der Waals surface area (Å²) < 4.78 is 11.2. The molecule has 8 nitrogen and oxygen atoms in total. The van der Waals surface area contributed by atoms with Crippen LogP contribution in [0.15, 0.2) is 18.5 Å². The minimum Gasteiger partial charge on any atom is -0.465 e. The lowest BCUT2D eigenvalue weighted by molar-refractivity contribution is 0.0496. The van der Waals surface area contributed by atoms with Crippen molar-refractivity contribution in [2.75, 3.05) is 25.1 Å². The molecule has 9 heteroatoms. The minimum atomic E-state index is -0.515. The zero-order valence-corrected chi connectivity index (χ0v) is 19.1. The average molecular weight is 512 g/mol. The van der Waals surface area contributed by atoms with Crippen molar-refractivity contribution in [2.45, 2.75) is 45.3 Å². The van der Waals surface area contributed by atoms with E-state index in [0.717, 1.165) is 40.7 Å². The maximum Gasteiger partial charge on any atom is 0.407 e. The van der Waals surface area contributed by atoms with Crippen LogP contribution in [-0.4, -0.2) is 53.9 Å². The molecule has 0 spiro atoms. The van der Waals surface area contributed by atoms with Gasteiger partial charge in [-0.15, -0.1) is 0 Å². The Labute approximate surface area is 183 Å². The maximum absolute atomic E-state index is 12.2. The Balaban J connectivity index is 1.77. The van der Waals surface area contributed by atoms with Crippen LogP contribution in [0.2, 0.25) is 0 Å². The smallest absolute Gasteiger partial charge is 0.407 e. The van der Waals surface area contributed by atoms with Gasteiger partial charge in [-0.3, -0.25) is 0 Å². The fourth-order valence-corrected chi connectivity index (χ4v) is 3.97. The lowest BCUT2D eigenvalue weighted by Crippen LogP contribution is -2.46. The third kappa shape index (κ3) is 5.26. The summed E-state index contributed by atoms with van der Waals surface area (Å²) in [4.78, 5) is 35.1. The number of alkyl carbamates (subject to hydrolysis) is 1. The van der Waals surface area contributed by atoms with E-state index in [9.17, 15) is 9.59 Å². The number of anilines is 1. The second-order valence-corrected chi connectivity index (χ2v) is 9.19. The molecule has 29 heavy (non-hydrogen) atoms. The van der Waals surface area contributed by atoms with Crippen molar-refractivity contribution < 1.29 is 19.1 Å². The standard InChI is InChI=1S/C20H25IN4O4/c1-20(2,3)29-19(27)24-13-5-7-25(8-6-13)17-14-9-12(21)10-15(18(26)28-4)16(14)22-11-23-17/h9-11,13H,5-8H2,1-4H3,(H,24,27). The van der Waals surface area contributed by atoms with E-state index in [1.165, 1.54) is 13.4 Å². The first-order valence-electron chi connectivity index (χ1n) is 9.45. The van der Waals surface area contributed by atoms with E-state index >= 15 is 0 Å². The molecule has 1 fully saturated rings. The first kappa shape index (κ1) is 21.5. The number of amides is 1. The Kier molecular flexibility index (Phi) is 6.45. The molecule has 0 radical (unpaired) electrons. The summed E-state index contributed by atoms with van der Waals surface area (Å²) in [5, 5.41) is 3.76. The van der Waals surface area contributed by atoms with Gasteiger partial charge in [0.05, 0.1) is 18.2 Å². The monoisotopic (exact) mass is 512 g/mol. The fraction of sp³-hybridized carbons (Fsp3) is 0.500. The van der Waals surface area contributed by atoms with Crippen molar-refractivity contribution in [2.24, 2.45) is 0 Å². The van der Waals surface area contributed by atoms with Crippen LogP contribution in [-0.2, 0) is 9.47 Å². The van der Waals surface area contributed by atoms with Gasteiger partial charge >= 0.3 is 12.1 Å². The van der Waals surface area contributed by atoms with Gasteiger partial charge in [0.2, 0.25) is 0 Å². The lowest BCUT2D eigenvalue weighted by Gasteiger charge is -2.34. The van der Waals surface area contributed by atoms with E-state index in [0.29, 0.717) is 11.1 Å². The van der Waals surface area contributed by atoms with Gasteiger partial charge in [-0.25, -0.2) is 19.6 Å². The highest BCUT2D eigenvalue weighted by molar-refractivity contribution is 14.1. The second-order valence-electron chi connectivity index (χ2n) is 7.95. The van der Waals surface area contributed by atoms with Crippen LogP contribution < -0.4 is 10.2 Å². The van der Waals surface area contributed by atoms with Crippen molar-refractivity contribution >= 4 is 51.4 Å². The van der Waals surface area contributed by atoms with E-state index in [1.807, 2.05) is 26.8 Å². The summed E-state index contributed by atoms with van der Waals surface area (Å²) in [6.45, 7) is 7.00. The molecule has 1 saturated heterocycles. The third-order valence-corrected chi connectivity index (χ3v) is 5.23. The van der Waals surface area contributed by atoms with Gasteiger partial charge < -0.3 is 19.7 Å². The predicted octanol–water partition coefficient (Wildman–Crippen LogP) is 3.51. The number of aromatic nitrogens is 2. The van der Waals surface area contributed by atoms with Crippen molar-refractivity contribution in [1.82, 2.24) is 15.3 Å². The third-order valence-electron chi connectivity index (χ3n) is 4.60. The summed E-state index contributed by atoms with van der Waals surface area (Å²) in [6, 6.07) is 3.80. The molecule has 2 heterocycles. The van der Waals surface area contributed by atoms with Crippen molar-refractivity contribution in [1.29, 1.82) is 0 Å². The predicted molar refractivity (Wildman–Crippen MR) is 118 cm³/mol. The molecule has 1 amide bonds. The molecule has 1 N–H and O–H groups in total. The molecule has 0 unspecified atom stereocenters. The number of carbonyl (C=O) groups excluding carboxylic acids is 2. The Hall–Kier alpha value is -2.17. The second kappa shape index (κ2) is 8.68. The van der Waals surface area contributed by atoms with Gasteiger partial charge in [0.25, 0.3) is 0 Å². The van der Waals surface area contributed by atoms with Crippen molar-refractivity contribution in [3.8, 4) is 0 Å². The molecule has 0 bridgehead atoms. The molecule has 1 aliphatic heterocycles. The number of ether oxygens (including phenoxy) is 2. The number of halogens is 1. The number of methoxy groups -OCH3 is 1. The van der Waals surface area contributed by atoms with Gasteiger partial charge in [-0.2, -0.15) is 0 Å².